The molecule has 2 unspecified atom stereocenters. The number of fused-ring (bicyclic) bond motifs is 1. The van der Waals surface area contributed by atoms with E-state index < -0.39 is 0 Å². The molecule has 1 heteroatoms. The summed E-state index contributed by atoms with van der Waals surface area (Å²) in [5.41, 5.74) is 3.00. The van der Waals surface area contributed by atoms with Crippen molar-refractivity contribution in [2.45, 2.75) is 77.7 Å². The minimum atomic E-state index is 0.392. The zero-order chi connectivity index (χ0) is 13.7. The fourth-order valence-corrected chi connectivity index (χ4v) is 3.12. The Morgan fingerprint density at radius 3 is 2.89 bits per heavy atom. The van der Waals surface area contributed by atoms with Crippen LogP contribution in [0.15, 0.2) is 18.2 Å². The molecule has 0 radical (unpaired) electrons. The van der Waals surface area contributed by atoms with Crippen LogP contribution < -0.4 is 4.74 Å². The molecule has 1 aromatic carbocycles. The second-order valence-corrected chi connectivity index (χ2v) is 5.91. The second kappa shape index (κ2) is 6.98. The van der Waals surface area contributed by atoms with Crippen LogP contribution in [0, 0.1) is 0 Å². The Labute approximate surface area is 118 Å². The summed E-state index contributed by atoms with van der Waals surface area (Å²) in [5, 5.41) is 0. The van der Waals surface area contributed by atoms with Crippen LogP contribution in [0.4, 0.5) is 0 Å². The fraction of sp³-hybridized carbons (Fsp3) is 0.667. The molecule has 1 aromatic rings. The first-order chi connectivity index (χ1) is 9.26. The number of ether oxygens (including phenoxy) is 1. The van der Waals surface area contributed by atoms with Gasteiger partial charge in [-0.25, -0.2) is 0 Å². The normalized spacial score (nSPS) is 19.8. The summed E-state index contributed by atoms with van der Waals surface area (Å²) in [6.45, 7) is 6.83. The van der Waals surface area contributed by atoms with Crippen molar-refractivity contribution in [3.63, 3.8) is 0 Å². The van der Waals surface area contributed by atoms with Crippen molar-refractivity contribution in [2.24, 2.45) is 0 Å². The largest absolute Gasteiger partial charge is 0.490 e. The summed E-state index contributed by atoms with van der Waals surface area (Å²) in [7, 11) is 0. The minimum Gasteiger partial charge on any atom is -0.490 e. The van der Waals surface area contributed by atoms with Gasteiger partial charge in [-0.3, -0.25) is 0 Å². The van der Waals surface area contributed by atoms with Crippen LogP contribution >= 0.6 is 0 Å². The summed E-state index contributed by atoms with van der Waals surface area (Å²) >= 11 is 0. The first-order valence-electron chi connectivity index (χ1n) is 8.04. The Hall–Kier alpha value is -0.980. The highest BCUT2D eigenvalue weighted by molar-refractivity contribution is 5.43. The van der Waals surface area contributed by atoms with Gasteiger partial charge >= 0.3 is 0 Å². The van der Waals surface area contributed by atoms with E-state index in [2.05, 4.69) is 39.0 Å². The summed E-state index contributed by atoms with van der Waals surface area (Å²) in [5.74, 6) is 1.86. The molecule has 1 nitrogen and oxygen atoms in total. The summed E-state index contributed by atoms with van der Waals surface area (Å²) in [4.78, 5) is 0. The third-order valence-electron chi connectivity index (χ3n) is 4.39. The third-order valence-corrected chi connectivity index (χ3v) is 4.39. The van der Waals surface area contributed by atoms with Crippen LogP contribution in [0.3, 0.4) is 0 Å². The first kappa shape index (κ1) is 14.4. The van der Waals surface area contributed by atoms with Gasteiger partial charge in [-0.05, 0) is 55.2 Å². The molecule has 1 aliphatic carbocycles. The molecular formula is C18H28O. The second-order valence-electron chi connectivity index (χ2n) is 5.91. The molecule has 0 bridgehead atoms. The summed E-state index contributed by atoms with van der Waals surface area (Å²) < 4.78 is 6.31. The highest BCUT2D eigenvalue weighted by atomic mass is 16.5. The zero-order valence-corrected chi connectivity index (χ0v) is 12.7. The van der Waals surface area contributed by atoms with Crippen LogP contribution in [-0.2, 0) is 6.42 Å². The van der Waals surface area contributed by atoms with Gasteiger partial charge < -0.3 is 4.74 Å². The molecule has 0 fully saturated rings. The topological polar surface area (TPSA) is 9.23 Å². The number of rotatable bonds is 6. The summed E-state index contributed by atoms with van der Waals surface area (Å²) in [6, 6.07) is 6.63. The first-order valence-corrected chi connectivity index (χ1v) is 8.04. The van der Waals surface area contributed by atoms with Crippen molar-refractivity contribution >= 4 is 0 Å². The van der Waals surface area contributed by atoms with E-state index in [9.17, 15) is 0 Å². The maximum Gasteiger partial charge on any atom is 0.123 e. The van der Waals surface area contributed by atoms with Gasteiger partial charge in [-0.1, -0.05) is 45.7 Å². The van der Waals surface area contributed by atoms with Gasteiger partial charge in [0.05, 0.1) is 6.10 Å². The number of unbranched alkanes of at least 4 members (excludes halogenated alkanes) is 1. The average molecular weight is 260 g/mol. The van der Waals surface area contributed by atoms with Crippen LogP contribution in [0.2, 0.25) is 0 Å². The van der Waals surface area contributed by atoms with E-state index in [1.807, 2.05) is 0 Å². The molecule has 2 rings (SSSR count). The standard InChI is InChI=1S/C18H28O/c1-4-6-10-15(5-2)19-18-13-8-11-16-14(3)9-7-12-17(16)18/h8,11,13-15H,4-7,9-10,12H2,1-3H3. The molecular weight excluding hydrogens is 232 g/mol. The van der Waals surface area contributed by atoms with Gasteiger partial charge in [0.1, 0.15) is 5.75 Å². The van der Waals surface area contributed by atoms with Crippen LogP contribution in [0.5, 0.6) is 5.75 Å². The van der Waals surface area contributed by atoms with E-state index in [-0.39, 0.29) is 0 Å². The maximum atomic E-state index is 6.31. The number of hydrogen-bond donors (Lipinski definition) is 0. The predicted molar refractivity (Wildman–Crippen MR) is 82.0 cm³/mol. The molecule has 2 atom stereocenters. The summed E-state index contributed by atoms with van der Waals surface area (Å²) in [6.07, 6.45) is 9.03. The molecule has 0 aliphatic heterocycles. The molecule has 0 spiro atoms. The van der Waals surface area contributed by atoms with E-state index in [1.54, 1.807) is 0 Å². The molecule has 1 aliphatic rings. The van der Waals surface area contributed by atoms with Crippen molar-refractivity contribution in [1.29, 1.82) is 0 Å². The van der Waals surface area contributed by atoms with Crippen molar-refractivity contribution in [1.82, 2.24) is 0 Å². The van der Waals surface area contributed by atoms with Crippen molar-refractivity contribution < 1.29 is 4.74 Å². The lowest BCUT2D eigenvalue weighted by molar-refractivity contribution is 0.181. The smallest absolute Gasteiger partial charge is 0.123 e. The molecule has 19 heavy (non-hydrogen) atoms. The SMILES string of the molecule is CCCCC(CC)Oc1cccc2c1CCCC2C. The van der Waals surface area contributed by atoms with Gasteiger partial charge in [0.25, 0.3) is 0 Å². The van der Waals surface area contributed by atoms with E-state index in [0.29, 0.717) is 12.0 Å². The minimum absolute atomic E-state index is 0.392. The van der Waals surface area contributed by atoms with Crippen LogP contribution in [0.1, 0.15) is 76.3 Å². The van der Waals surface area contributed by atoms with Crippen molar-refractivity contribution in [3.05, 3.63) is 29.3 Å². The van der Waals surface area contributed by atoms with Crippen molar-refractivity contribution in [3.8, 4) is 5.75 Å². The lowest BCUT2D eigenvalue weighted by Crippen LogP contribution is -2.17. The van der Waals surface area contributed by atoms with Crippen LogP contribution in [0.25, 0.3) is 0 Å². The number of hydrogen-bond acceptors (Lipinski definition) is 1. The highest BCUT2D eigenvalue weighted by Crippen LogP contribution is 2.36. The Bertz CT molecular complexity index is 397. The molecule has 0 saturated heterocycles. The monoisotopic (exact) mass is 260 g/mol. The lowest BCUT2D eigenvalue weighted by Gasteiger charge is -2.26. The Morgan fingerprint density at radius 1 is 1.32 bits per heavy atom. The number of benzene rings is 1. The Morgan fingerprint density at radius 2 is 2.16 bits per heavy atom. The van der Waals surface area contributed by atoms with Gasteiger partial charge in [-0.2, -0.15) is 0 Å². The van der Waals surface area contributed by atoms with Gasteiger partial charge in [0.15, 0.2) is 0 Å². The van der Waals surface area contributed by atoms with E-state index in [1.165, 1.54) is 49.7 Å². The Balaban J connectivity index is 2.13. The van der Waals surface area contributed by atoms with Crippen molar-refractivity contribution in [2.75, 3.05) is 0 Å². The third kappa shape index (κ3) is 3.52. The molecule has 106 valence electrons. The van der Waals surface area contributed by atoms with Gasteiger partial charge in [-0.15, -0.1) is 0 Å². The van der Waals surface area contributed by atoms with E-state index in [4.69, 9.17) is 4.74 Å². The molecule has 0 heterocycles. The fourth-order valence-electron chi connectivity index (χ4n) is 3.12. The van der Waals surface area contributed by atoms with E-state index >= 15 is 0 Å². The van der Waals surface area contributed by atoms with Crippen LogP contribution in [-0.4, -0.2) is 6.10 Å². The molecule has 0 saturated carbocycles. The highest BCUT2D eigenvalue weighted by Gasteiger charge is 2.20. The molecule has 0 amide bonds. The quantitative estimate of drug-likeness (QED) is 0.658. The predicted octanol–water partition coefficient (Wildman–Crippen LogP) is 5.47. The average Bonchev–Trinajstić information content (AvgIpc) is 2.44. The molecule has 0 N–H and O–H groups in total. The zero-order valence-electron chi connectivity index (χ0n) is 12.7. The van der Waals surface area contributed by atoms with E-state index in [0.717, 1.165) is 12.2 Å². The van der Waals surface area contributed by atoms with Gasteiger partial charge in [0, 0.05) is 0 Å². The maximum absolute atomic E-state index is 6.31. The molecule has 0 aromatic heterocycles. The Kier molecular flexibility index (Phi) is 5.30. The van der Waals surface area contributed by atoms with Gasteiger partial charge in [0.2, 0.25) is 0 Å². The lowest BCUT2D eigenvalue weighted by atomic mass is 9.83.